The second-order valence-corrected chi connectivity index (χ2v) is 4.06. The number of hydrogen-bond acceptors (Lipinski definition) is 4. The van der Waals surface area contributed by atoms with Crippen molar-refractivity contribution in [2.75, 3.05) is 31.6 Å². The highest BCUT2D eigenvalue weighted by atomic mass is 16.3. The van der Waals surface area contributed by atoms with Gasteiger partial charge in [0.2, 0.25) is 0 Å². The molecule has 1 heterocycles. The second kappa shape index (κ2) is 8.03. The van der Waals surface area contributed by atoms with Gasteiger partial charge in [0, 0.05) is 31.5 Å². The van der Waals surface area contributed by atoms with E-state index in [0.717, 1.165) is 37.4 Å². The fourth-order valence-corrected chi connectivity index (χ4v) is 1.66. The molecule has 96 valence electrons. The standard InChI is InChI=1S/C13H23N3O/c1-3-6-14-12-5-7-15-13(10-12)11-16(4-2)8-9-17/h5,7,10,17H,3-4,6,8-9,11H2,1-2H3,(H,14,15). The molecule has 1 rings (SSSR count). The molecule has 0 aliphatic rings. The molecular formula is C13H23N3O. The van der Waals surface area contributed by atoms with Crippen molar-refractivity contribution in [1.29, 1.82) is 0 Å². The Kier molecular flexibility index (Phi) is 6.58. The van der Waals surface area contributed by atoms with Crippen LogP contribution in [-0.4, -0.2) is 41.2 Å². The van der Waals surface area contributed by atoms with E-state index in [-0.39, 0.29) is 6.61 Å². The number of anilines is 1. The van der Waals surface area contributed by atoms with Crippen LogP contribution in [0.15, 0.2) is 18.3 Å². The summed E-state index contributed by atoms with van der Waals surface area (Å²) in [6, 6.07) is 4.07. The zero-order valence-corrected chi connectivity index (χ0v) is 10.8. The van der Waals surface area contributed by atoms with Gasteiger partial charge in [-0.1, -0.05) is 13.8 Å². The van der Waals surface area contributed by atoms with Gasteiger partial charge in [0.1, 0.15) is 0 Å². The first kappa shape index (κ1) is 13.9. The third kappa shape index (κ3) is 5.15. The van der Waals surface area contributed by atoms with Gasteiger partial charge in [0.05, 0.1) is 12.3 Å². The summed E-state index contributed by atoms with van der Waals surface area (Å²) in [5.74, 6) is 0. The molecule has 1 aromatic heterocycles. The van der Waals surface area contributed by atoms with Crippen LogP contribution < -0.4 is 5.32 Å². The largest absolute Gasteiger partial charge is 0.395 e. The summed E-state index contributed by atoms with van der Waals surface area (Å²) < 4.78 is 0. The third-order valence-corrected chi connectivity index (χ3v) is 2.64. The molecule has 0 atom stereocenters. The quantitative estimate of drug-likeness (QED) is 0.723. The fourth-order valence-electron chi connectivity index (χ4n) is 1.66. The summed E-state index contributed by atoms with van der Waals surface area (Å²) >= 11 is 0. The zero-order chi connectivity index (χ0) is 12.5. The van der Waals surface area contributed by atoms with Crippen LogP contribution >= 0.6 is 0 Å². The van der Waals surface area contributed by atoms with Gasteiger partial charge in [-0.25, -0.2) is 0 Å². The normalized spacial score (nSPS) is 10.8. The topological polar surface area (TPSA) is 48.4 Å². The van der Waals surface area contributed by atoms with Crippen LogP contribution in [0, 0.1) is 0 Å². The smallest absolute Gasteiger partial charge is 0.0564 e. The SMILES string of the molecule is CCCNc1ccnc(CN(CC)CCO)c1. The number of rotatable bonds is 8. The van der Waals surface area contributed by atoms with Crippen LogP contribution in [0.25, 0.3) is 0 Å². The molecule has 0 saturated heterocycles. The van der Waals surface area contributed by atoms with Crippen molar-refractivity contribution >= 4 is 5.69 Å². The van der Waals surface area contributed by atoms with E-state index in [1.54, 1.807) is 0 Å². The Hall–Kier alpha value is -1.13. The molecule has 4 heteroatoms. The van der Waals surface area contributed by atoms with Crippen LogP contribution in [0.5, 0.6) is 0 Å². The first-order valence-corrected chi connectivity index (χ1v) is 6.32. The lowest BCUT2D eigenvalue weighted by Gasteiger charge is -2.18. The van der Waals surface area contributed by atoms with Crippen molar-refractivity contribution in [3.05, 3.63) is 24.0 Å². The molecule has 4 nitrogen and oxygen atoms in total. The molecule has 2 N–H and O–H groups in total. The molecule has 0 spiro atoms. The predicted octanol–water partition coefficient (Wildman–Crippen LogP) is 1.72. The van der Waals surface area contributed by atoms with Crippen LogP contribution in [0.3, 0.4) is 0 Å². The van der Waals surface area contributed by atoms with Gasteiger partial charge >= 0.3 is 0 Å². The van der Waals surface area contributed by atoms with Gasteiger partial charge in [-0.2, -0.15) is 0 Å². The first-order chi connectivity index (χ1) is 8.30. The van der Waals surface area contributed by atoms with E-state index in [2.05, 4.69) is 35.1 Å². The first-order valence-electron chi connectivity index (χ1n) is 6.32. The van der Waals surface area contributed by atoms with Crippen LogP contribution in [0.4, 0.5) is 5.69 Å². The lowest BCUT2D eigenvalue weighted by atomic mass is 10.3. The van der Waals surface area contributed by atoms with Crippen LogP contribution in [0.2, 0.25) is 0 Å². The van der Waals surface area contributed by atoms with Crippen molar-refractivity contribution in [1.82, 2.24) is 9.88 Å². The average Bonchev–Trinajstić information content (AvgIpc) is 2.36. The summed E-state index contributed by atoms with van der Waals surface area (Å²) in [7, 11) is 0. The monoisotopic (exact) mass is 237 g/mol. The minimum Gasteiger partial charge on any atom is -0.395 e. The van der Waals surface area contributed by atoms with Gasteiger partial charge in [0.15, 0.2) is 0 Å². The van der Waals surface area contributed by atoms with E-state index in [4.69, 9.17) is 5.11 Å². The minimum atomic E-state index is 0.196. The lowest BCUT2D eigenvalue weighted by molar-refractivity contribution is 0.195. The molecule has 0 saturated carbocycles. The van der Waals surface area contributed by atoms with Gasteiger partial charge in [-0.3, -0.25) is 9.88 Å². The Morgan fingerprint density at radius 2 is 2.24 bits per heavy atom. The molecule has 0 fully saturated rings. The number of hydrogen-bond donors (Lipinski definition) is 2. The number of aromatic nitrogens is 1. The number of pyridine rings is 1. The summed E-state index contributed by atoms with van der Waals surface area (Å²) in [6.45, 7) is 7.83. The molecule has 0 aromatic carbocycles. The van der Waals surface area contributed by atoms with E-state index >= 15 is 0 Å². The van der Waals surface area contributed by atoms with Crippen LogP contribution in [0.1, 0.15) is 26.0 Å². The average molecular weight is 237 g/mol. The van der Waals surface area contributed by atoms with Gasteiger partial charge in [-0.15, -0.1) is 0 Å². The summed E-state index contributed by atoms with van der Waals surface area (Å²) in [5, 5.41) is 12.3. The van der Waals surface area contributed by atoms with Gasteiger partial charge in [-0.05, 0) is 25.1 Å². The maximum absolute atomic E-state index is 8.94. The van der Waals surface area contributed by atoms with Crippen molar-refractivity contribution in [2.24, 2.45) is 0 Å². The maximum atomic E-state index is 8.94. The predicted molar refractivity (Wildman–Crippen MR) is 71.1 cm³/mol. The van der Waals surface area contributed by atoms with E-state index in [1.807, 2.05) is 12.3 Å². The summed E-state index contributed by atoms with van der Waals surface area (Å²) in [5.41, 5.74) is 2.17. The number of nitrogens with one attached hydrogen (secondary N) is 1. The number of aliphatic hydroxyl groups is 1. The van der Waals surface area contributed by atoms with E-state index in [0.29, 0.717) is 6.54 Å². The molecule has 0 amide bonds. The molecule has 17 heavy (non-hydrogen) atoms. The van der Waals surface area contributed by atoms with E-state index < -0.39 is 0 Å². The van der Waals surface area contributed by atoms with Gasteiger partial charge < -0.3 is 10.4 Å². The maximum Gasteiger partial charge on any atom is 0.0564 e. The second-order valence-electron chi connectivity index (χ2n) is 4.06. The Morgan fingerprint density at radius 1 is 1.41 bits per heavy atom. The minimum absolute atomic E-state index is 0.196. The molecule has 0 unspecified atom stereocenters. The fraction of sp³-hybridized carbons (Fsp3) is 0.615. The van der Waals surface area contributed by atoms with Gasteiger partial charge in [0.25, 0.3) is 0 Å². The zero-order valence-electron chi connectivity index (χ0n) is 10.8. The highest BCUT2D eigenvalue weighted by Gasteiger charge is 2.04. The molecule has 0 bridgehead atoms. The lowest BCUT2D eigenvalue weighted by Crippen LogP contribution is -2.26. The third-order valence-electron chi connectivity index (χ3n) is 2.64. The molecule has 0 aliphatic heterocycles. The molecular weight excluding hydrogens is 214 g/mol. The highest BCUT2D eigenvalue weighted by molar-refractivity contribution is 5.43. The van der Waals surface area contributed by atoms with E-state index in [1.165, 1.54) is 0 Å². The van der Waals surface area contributed by atoms with Crippen LogP contribution in [-0.2, 0) is 6.54 Å². The molecule has 0 radical (unpaired) electrons. The van der Waals surface area contributed by atoms with Crippen molar-refractivity contribution in [3.63, 3.8) is 0 Å². The summed E-state index contributed by atoms with van der Waals surface area (Å²) in [4.78, 5) is 6.53. The van der Waals surface area contributed by atoms with Crippen molar-refractivity contribution in [3.8, 4) is 0 Å². The Labute approximate surface area is 104 Å². The Morgan fingerprint density at radius 3 is 2.88 bits per heavy atom. The van der Waals surface area contributed by atoms with Crippen molar-refractivity contribution in [2.45, 2.75) is 26.8 Å². The number of nitrogens with zero attached hydrogens (tertiary/aromatic N) is 2. The molecule has 1 aromatic rings. The van der Waals surface area contributed by atoms with E-state index in [9.17, 15) is 0 Å². The number of aliphatic hydroxyl groups excluding tert-OH is 1. The summed E-state index contributed by atoms with van der Waals surface area (Å²) in [6.07, 6.45) is 2.95. The highest BCUT2D eigenvalue weighted by Crippen LogP contribution is 2.09. The Balaban J connectivity index is 2.57. The molecule has 0 aliphatic carbocycles. The van der Waals surface area contributed by atoms with Crippen molar-refractivity contribution < 1.29 is 5.11 Å². The Bertz CT molecular complexity index is 317. The number of likely N-dealkylation sites (N-methyl/N-ethyl adjacent to an activating group) is 1.